The van der Waals surface area contributed by atoms with E-state index in [0.717, 1.165) is 11.1 Å². The molecule has 10 nitrogen and oxygen atoms in total. The molecule has 1 N–H and O–H groups in total. The first-order valence-corrected chi connectivity index (χ1v) is 12.5. The minimum Gasteiger partial charge on any atom is -0.473 e. The Morgan fingerprint density at radius 1 is 1.22 bits per heavy atom. The number of nitrogens with zero attached hydrogens (tertiary/aromatic N) is 6. The summed E-state index contributed by atoms with van der Waals surface area (Å²) in [6, 6.07) is 0.283. The third-order valence-electron chi connectivity index (χ3n) is 6.60. The molecule has 1 aliphatic rings. The van der Waals surface area contributed by atoms with E-state index >= 15 is 0 Å². The van der Waals surface area contributed by atoms with Gasteiger partial charge in [-0.25, -0.2) is 28.1 Å². The minimum absolute atomic E-state index is 0.183. The molecule has 200 valence electrons. The molecule has 37 heavy (non-hydrogen) atoms. The van der Waals surface area contributed by atoms with Crippen molar-refractivity contribution < 1.29 is 23.0 Å². The number of urea groups is 1. The Bertz CT molecular complexity index is 1240. The first-order chi connectivity index (χ1) is 17.7. The van der Waals surface area contributed by atoms with Gasteiger partial charge in [0.2, 0.25) is 11.6 Å². The van der Waals surface area contributed by atoms with Crippen molar-refractivity contribution in [3.63, 3.8) is 0 Å². The Morgan fingerprint density at radius 3 is 2.78 bits per heavy atom. The topological polar surface area (TPSA) is 107 Å². The summed E-state index contributed by atoms with van der Waals surface area (Å²) in [6.07, 6.45) is 4.39. The average Bonchev–Trinajstić information content (AvgIpc) is 3.35. The third-order valence-corrected chi connectivity index (χ3v) is 6.60. The molecule has 2 atom stereocenters. The second-order valence-corrected chi connectivity index (χ2v) is 9.16. The number of amides is 2. The van der Waals surface area contributed by atoms with Gasteiger partial charge in [-0.05, 0) is 38.8 Å². The minimum atomic E-state index is -2.89. The first kappa shape index (κ1) is 26.6. The van der Waals surface area contributed by atoms with E-state index in [1.165, 1.54) is 13.3 Å². The number of hydrogen-bond donors (Lipinski definition) is 1. The summed E-state index contributed by atoms with van der Waals surface area (Å²) in [5.74, 6) is -2.59. The highest BCUT2D eigenvalue weighted by Gasteiger charge is 2.33. The Hall–Kier alpha value is -3.41. The van der Waals surface area contributed by atoms with Gasteiger partial charge in [0.05, 0.1) is 30.2 Å². The van der Waals surface area contributed by atoms with Gasteiger partial charge in [0, 0.05) is 43.8 Å². The number of hydrogen-bond acceptors (Lipinski definition) is 7. The average molecular weight is 518 g/mol. The molecule has 3 aromatic rings. The molecule has 0 saturated heterocycles. The molecule has 12 heteroatoms. The van der Waals surface area contributed by atoms with Crippen LogP contribution in [0.3, 0.4) is 0 Å². The van der Waals surface area contributed by atoms with Crippen molar-refractivity contribution in [1.29, 1.82) is 0 Å². The van der Waals surface area contributed by atoms with Crippen molar-refractivity contribution in [3.8, 4) is 17.1 Å². The molecular formula is C25H33F2N7O3. The molecule has 4 heterocycles. The standard InChI is InChI=1S/C25H33F2N7O3/c1-5-25(26,27)12-18-7-8-36-9-10-37-23-22-29-15-30-34(22)14-21(32-23)19-11-20(28-13-16(19)3)17(4)33(6-2)24(35)31-18/h11,13-15,17-18H,5-10,12H2,1-4H3,(H,31,35)/t17-,18?/m1/s1. The Labute approximate surface area is 214 Å². The van der Waals surface area contributed by atoms with Gasteiger partial charge in [-0.1, -0.05) is 6.92 Å². The highest BCUT2D eigenvalue weighted by molar-refractivity contribution is 5.75. The monoisotopic (exact) mass is 517 g/mol. The van der Waals surface area contributed by atoms with Gasteiger partial charge in [0.1, 0.15) is 12.9 Å². The molecule has 4 bridgehead atoms. The predicted molar refractivity (Wildman–Crippen MR) is 133 cm³/mol. The second kappa shape index (κ2) is 11.3. The lowest BCUT2D eigenvalue weighted by atomic mass is 10.0. The number of alkyl halides is 2. The van der Waals surface area contributed by atoms with E-state index < -0.39 is 30.5 Å². The zero-order chi connectivity index (χ0) is 26.6. The Kier molecular flexibility index (Phi) is 8.16. The molecule has 3 aromatic heterocycles. The van der Waals surface area contributed by atoms with Crippen LogP contribution in [0, 0.1) is 6.92 Å². The molecule has 0 saturated carbocycles. The number of rotatable bonds is 4. The molecule has 0 aliphatic carbocycles. The maximum absolute atomic E-state index is 14.3. The maximum atomic E-state index is 14.3. The van der Waals surface area contributed by atoms with Crippen LogP contribution in [0.4, 0.5) is 13.6 Å². The van der Waals surface area contributed by atoms with Gasteiger partial charge in [-0.2, -0.15) is 5.10 Å². The van der Waals surface area contributed by atoms with Crippen LogP contribution >= 0.6 is 0 Å². The second-order valence-electron chi connectivity index (χ2n) is 9.16. The van der Waals surface area contributed by atoms with Gasteiger partial charge in [0.25, 0.3) is 5.88 Å². The lowest BCUT2D eigenvalue weighted by Crippen LogP contribution is -2.47. The van der Waals surface area contributed by atoms with Crippen LogP contribution in [0.15, 0.2) is 24.8 Å². The molecule has 2 amide bonds. The molecule has 0 aromatic carbocycles. The van der Waals surface area contributed by atoms with Crippen LogP contribution in [-0.2, 0) is 4.74 Å². The highest BCUT2D eigenvalue weighted by atomic mass is 19.3. The van der Waals surface area contributed by atoms with Crippen LogP contribution in [0.5, 0.6) is 5.88 Å². The fourth-order valence-corrected chi connectivity index (χ4v) is 4.34. The smallest absolute Gasteiger partial charge is 0.318 e. The first-order valence-electron chi connectivity index (χ1n) is 12.5. The summed E-state index contributed by atoms with van der Waals surface area (Å²) in [5, 5.41) is 7.06. The summed E-state index contributed by atoms with van der Waals surface area (Å²) < 4.78 is 41.7. The Morgan fingerprint density at radius 2 is 2.03 bits per heavy atom. The lowest BCUT2D eigenvalue weighted by molar-refractivity contribution is -0.0234. The summed E-state index contributed by atoms with van der Waals surface area (Å²) in [4.78, 5) is 28.3. The Balaban J connectivity index is 1.72. The summed E-state index contributed by atoms with van der Waals surface area (Å²) in [5.41, 5.74) is 3.40. The van der Waals surface area contributed by atoms with E-state index in [9.17, 15) is 13.6 Å². The van der Waals surface area contributed by atoms with Crippen molar-refractivity contribution in [2.75, 3.05) is 26.4 Å². The van der Waals surface area contributed by atoms with Gasteiger partial charge >= 0.3 is 6.03 Å². The van der Waals surface area contributed by atoms with Crippen molar-refractivity contribution >= 4 is 11.7 Å². The van der Waals surface area contributed by atoms with Crippen LogP contribution in [0.2, 0.25) is 0 Å². The fourth-order valence-electron chi connectivity index (χ4n) is 4.34. The number of carbonyl (C=O) groups excluding carboxylic acids is 1. The number of aryl methyl sites for hydroxylation is 1. The number of carbonyl (C=O) groups is 1. The van der Waals surface area contributed by atoms with E-state index in [4.69, 9.17) is 14.5 Å². The molecule has 0 radical (unpaired) electrons. The van der Waals surface area contributed by atoms with Crippen molar-refractivity contribution in [1.82, 2.24) is 34.8 Å². The SMILES string of the molecule is CCN1C(=O)NC(CC(F)(F)CC)CCOCCOc2nc(cn3ncnc23)-c2cc(ncc2C)[C@H]1C. The fraction of sp³-hybridized carbons (Fsp3) is 0.560. The molecule has 1 unspecified atom stereocenters. The van der Waals surface area contributed by atoms with Gasteiger partial charge < -0.3 is 19.7 Å². The van der Waals surface area contributed by atoms with Gasteiger partial charge in [-0.3, -0.25) is 4.98 Å². The summed E-state index contributed by atoms with van der Waals surface area (Å²) >= 11 is 0. The highest BCUT2D eigenvalue weighted by Crippen LogP contribution is 2.30. The maximum Gasteiger partial charge on any atom is 0.318 e. The summed E-state index contributed by atoms with van der Waals surface area (Å²) in [6.45, 7) is 8.01. The zero-order valence-electron chi connectivity index (χ0n) is 21.6. The van der Waals surface area contributed by atoms with E-state index in [-0.39, 0.29) is 32.7 Å². The molecular weight excluding hydrogens is 484 g/mol. The number of halogens is 2. The quantitative estimate of drug-likeness (QED) is 0.553. The van der Waals surface area contributed by atoms with Crippen LogP contribution < -0.4 is 10.1 Å². The van der Waals surface area contributed by atoms with E-state index in [1.807, 2.05) is 26.8 Å². The lowest BCUT2D eigenvalue weighted by Gasteiger charge is -2.31. The van der Waals surface area contributed by atoms with Crippen molar-refractivity contribution in [2.45, 2.75) is 65.0 Å². The van der Waals surface area contributed by atoms with Crippen molar-refractivity contribution in [2.24, 2.45) is 0 Å². The van der Waals surface area contributed by atoms with Crippen LogP contribution in [0.1, 0.15) is 57.3 Å². The van der Waals surface area contributed by atoms with Gasteiger partial charge in [0.15, 0.2) is 0 Å². The summed E-state index contributed by atoms with van der Waals surface area (Å²) in [7, 11) is 0. The number of nitrogens with one attached hydrogen (secondary N) is 1. The number of aromatic nitrogens is 5. The van der Waals surface area contributed by atoms with Crippen LogP contribution in [0.25, 0.3) is 16.9 Å². The number of ether oxygens (including phenoxy) is 2. The number of pyridine rings is 1. The van der Waals surface area contributed by atoms with E-state index in [0.29, 0.717) is 29.5 Å². The predicted octanol–water partition coefficient (Wildman–Crippen LogP) is 4.19. The third kappa shape index (κ3) is 6.12. The molecule has 0 spiro atoms. The molecule has 4 rings (SSSR count). The van der Waals surface area contributed by atoms with Crippen LogP contribution in [-0.4, -0.2) is 73.8 Å². The largest absolute Gasteiger partial charge is 0.473 e. The normalized spacial score (nSPS) is 19.8. The molecule has 0 fully saturated rings. The van der Waals surface area contributed by atoms with Gasteiger partial charge in [-0.15, -0.1) is 0 Å². The van der Waals surface area contributed by atoms with E-state index in [1.54, 1.807) is 21.8 Å². The zero-order valence-corrected chi connectivity index (χ0v) is 21.6. The number of fused-ring (bicyclic) bond motifs is 7. The van der Waals surface area contributed by atoms with Crippen molar-refractivity contribution in [3.05, 3.63) is 36.0 Å². The van der Waals surface area contributed by atoms with E-state index in [2.05, 4.69) is 20.4 Å². The molecule has 1 aliphatic heterocycles.